The summed E-state index contributed by atoms with van der Waals surface area (Å²) in [4.78, 5) is 11.4. The number of esters is 1. The smallest absolute Gasteiger partial charge is 0.335 e. The number of ether oxygens (including phenoxy) is 1. The first-order chi connectivity index (χ1) is 7.05. The minimum absolute atomic E-state index is 0.341. The van der Waals surface area contributed by atoms with Crippen LogP contribution in [0.2, 0.25) is 0 Å². The third kappa shape index (κ3) is 2.49. The van der Waals surface area contributed by atoms with E-state index in [1.807, 2.05) is 0 Å². The predicted octanol–water partition coefficient (Wildman–Crippen LogP) is 0.675. The van der Waals surface area contributed by atoms with E-state index in [1.165, 1.54) is 7.11 Å². The Balaban J connectivity index is 2.78. The van der Waals surface area contributed by atoms with Crippen molar-refractivity contribution in [3.8, 4) is 0 Å². The zero-order chi connectivity index (χ0) is 11.5. The van der Waals surface area contributed by atoms with E-state index in [2.05, 4.69) is 11.7 Å². The van der Waals surface area contributed by atoms with Crippen molar-refractivity contribution in [2.75, 3.05) is 13.7 Å². The molecule has 1 rings (SSSR count). The molecule has 0 aliphatic heterocycles. The Labute approximate surface area is 90.8 Å². The summed E-state index contributed by atoms with van der Waals surface area (Å²) in [6, 6.07) is 0. The Morgan fingerprint density at radius 2 is 2.40 bits per heavy atom. The van der Waals surface area contributed by atoms with E-state index >= 15 is 0 Å². The van der Waals surface area contributed by atoms with E-state index in [1.54, 1.807) is 0 Å². The lowest BCUT2D eigenvalue weighted by molar-refractivity contribution is -0.160. The Bertz CT molecular complexity index is 232. The molecule has 0 spiro atoms. The summed E-state index contributed by atoms with van der Waals surface area (Å²) in [6.07, 6.45) is 2.71. The first-order valence-corrected chi connectivity index (χ1v) is 5.51. The number of hydrogen-bond acceptors (Lipinski definition) is 4. The minimum Gasteiger partial charge on any atom is -0.467 e. The van der Waals surface area contributed by atoms with Gasteiger partial charge in [-0.15, -0.1) is 0 Å². The quantitative estimate of drug-likeness (QED) is 0.679. The second-order valence-corrected chi connectivity index (χ2v) is 4.69. The largest absolute Gasteiger partial charge is 0.467 e. The van der Waals surface area contributed by atoms with E-state index in [0.717, 1.165) is 25.7 Å². The zero-order valence-electron chi connectivity index (χ0n) is 9.53. The molecule has 3 unspecified atom stereocenters. The van der Waals surface area contributed by atoms with Crippen LogP contribution >= 0.6 is 0 Å². The van der Waals surface area contributed by atoms with Crippen molar-refractivity contribution < 1.29 is 14.6 Å². The first kappa shape index (κ1) is 12.5. The van der Waals surface area contributed by atoms with Crippen molar-refractivity contribution in [3.05, 3.63) is 0 Å². The molecule has 4 heteroatoms. The fourth-order valence-electron chi connectivity index (χ4n) is 2.61. The number of aliphatic hydroxyl groups is 1. The summed E-state index contributed by atoms with van der Waals surface area (Å²) in [5.74, 6) is -0.0452. The molecule has 1 aliphatic rings. The Morgan fingerprint density at radius 3 is 2.87 bits per heavy atom. The van der Waals surface area contributed by atoms with Crippen LogP contribution in [0.3, 0.4) is 0 Å². The molecule has 0 bridgehead atoms. The molecule has 0 amide bonds. The summed E-state index contributed by atoms with van der Waals surface area (Å²) >= 11 is 0. The summed E-state index contributed by atoms with van der Waals surface area (Å²) in [6.45, 7) is 2.47. The Morgan fingerprint density at radius 1 is 1.73 bits per heavy atom. The molecule has 3 atom stereocenters. The van der Waals surface area contributed by atoms with E-state index in [-0.39, 0.29) is 0 Å². The van der Waals surface area contributed by atoms with Gasteiger partial charge in [-0.2, -0.15) is 0 Å². The Hall–Kier alpha value is -0.610. The molecular weight excluding hydrogens is 194 g/mol. The van der Waals surface area contributed by atoms with Crippen LogP contribution in [0.1, 0.15) is 32.6 Å². The maximum Gasteiger partial charge on any atom is 0.335 e. The lowest BCUT2D eigenvalue weighted by atomic mass is 9.67. The van der Waals surface area contributed by atoms with Gasteiger partial charge in [0, 0.05) is 12.0 Å². The number of carbonyl (C=O) groups excluding carboxylic acids is 1. The highest BCUT2D eigenvalue weighted by atomic mass is 16.5. The fourth-order valence-corrected chi connectivity index (χ4v) is 2.61. The number of hydrogen-bond donors (Lipinski definition) is 2. The number of rotatable bonds is 3. The highest BCUT2D eigenvalue weighted by molar-refractivity contribution is 5.75. The van der Waals surface area contributed by atoms with Gasteiger partial charge in [0.05, 0.1) is 7.11 Å². The van der Waals surface area contributed by atoms with Crippen molar-refractivity contribution >= 4 is 5.97 Å². The molecule has 0 saturated heterocycles. The van der Waals surface area contributed by atoms with Crippen molar-refractivity contribution in [1.82, 2.24) is 0 Å². The van der Waals surface area contributed by atoms with Crippen molar-refractivity contribution in [2.45, 2.75) is 38.7 Å². The van der Waals surface area contributed by atoms with Crippen LogP contribution in [0.5, 0.6) is 0 Å². The van der Waals surface area contributed by atoms with Crippen LogP contribution in [0.4, 0.5) is 0 Å². The monoisotopic (exact) mass is 215 g/mol. The molecule has 0 aromatic carbocycles. The second kappa shape index (κ2) is 4.94. The van der Waals surface area contributed by atoms with Crippen LogP contribution in [0, 0.1) is 11.3 Å². The summed E-state index contributed by atoms with van der Waals surface area (Å²) < 4.78 is 4.58. The van der Waals surface area contributed by atoms with Crippen molar-refractivity contribution in [1.29, 1.82) is 0 Å². The van der Waals surface area contributed by atoms with Gasteiger partial charge < -0.3 is 15.6 Å². The summed E-state index contributed by atoms with van der Waals surface area (Å²) in [5.41, 5.74) is 5.26. The molecule has 0 radical (unpaired) electrons. The highest BCUT2D eigenvalue weighted by Gasteiger charge is 2.44. The summed E-state index contributed by atoms with van der Waals surface area (Å²) in [7, 11) is 1.29. The van der Waals surface area contributed by atoms with Crippen molar-refractivity contribution in [3.63, 3.8) is 0 Å². The lowest BCUT2D eigenvalue weighted by Gasteiger charge is -2.41. The van der Waals surface area contributed by atoms with Gasteiger partial charge in [-0.05, 0) is 18.8 Å². The van der Waals surface area contributed by atoms with Gasteiger partial charge in [-0.1, -0.05) is 19.8 Å². The molecule has 3 N–H and O–H groups in total. The third-order valence-electron chi connectivity index (χ3n) is 3.54. The Kier molecular flexibility index (Phi) is 4.11. The van der Waals surface area contributed by atoms with Gasteiger partial charge in [0.1, 0.15) is 0 Å². The molecule has 0 aromatic rings. The molecule has 4 nitrogen and oxygen atoms in total. The first-order valence-electron chi connectivity index (χ1n) is 5.51. The maximum absolute atomic E-state index is 11.4. The van der Waals surface area contributed by atoms with Crippen LogP contribution in [-0.2, 0) is 9.53 Å². The molecule has 15 heavy (non-hydrogen) atoms. The van der Waals surface area contributed by atoms with Crippen LogP contribution in [0.25, 0.3) is 0 Å². The van der Waals surface area contributed by atoms with Gasteiger partial charge >= 0.3 is 5.97 Å². The van der Waals surface area contributed by atoms with Crippen LogP contribution < -0.4 is 5.73 Å². The van der Waals surface area contributed by atoms with Crippen LogP contribution in [0.15, 0.2) is 0 Å². The lowest BCUT2D eigenvalue weighted by Crippen LogP contribution is -2.49. The highest BCUT2D eigenvalue weighted by Crippen LogP contribution is 2.41. The molecule has 1 saturated carbocycles. The van der Waals surface area contributed by atoms with Gasteiger partial charge in [0.15, 0.2) is 6.10 Å². The molecule has 0 aromatic heterocycles. The number of methoxy groups -OCH3 is 1. The summed E-state index contributed by atoms with van der Waals surface area (Å²) in [5, 5.41) is 9.96. The van der Waals surface area contributed by atoms with Gasteiger partial charge in [0.25, 0.3) is 0 Å². The molecule has 1 fully saturated rings. The average Bonchev–Trinajstić information content (AvgIpc) is 2.26. The predicted molar refractivity (Wildman–Crippen MR) is 57.1 cm³/mol. The van der Waals surface area contributed by atoms with E-state index in [9.17, 15) is 9.90 Å². The molecular formula is C11H21NO3. The molecule has 1 aliphatic carbocycles. The maximum atomic E-state index is 11.4. The average molecular weight is 215 g/mol. The SMILES string of the molecule is COC(=O)C(O)C1(CN)CCCC(C)C1. The minimum atomic E-state index is -1.07. The third-order valence-corrected chi connectivity index (χ3v) is 3.54. The van der Waals surface area contributed by atoms with E-state index in [4.69, 9.17) is 5.73 Å². The van der Waals surface area contributed by atoms with E-state index < -0.39 is 17.5 Å². The van der Waals surface area contributed by atoms with E-state index in [0.29, 0.717) is 12.5 Å². The van der Waals surface area contributed by atoms with Crippen molar-refractivity contribution in [2.24, 2.45) is 17.1 Å². The van der Waals surface area contributed by atoms with Gasteiger partial charge in [0.2, 0.25) is 0 Å². The van der Waals surface area contributed by atoms with Gasteiger partial charge in [-0.3, -0.25) is 0 Å². The molecule has 0 heterocycles. The number of nitrogens with two attached hydrogens (primary N) is 1. The number of carbonyl (C=O) groups is 1. The fraction of sp³-hybridized carbons (Fsp3) is 0.909. The molecule has 88 valence electrons. The second-order valence-electron chi connectivity index (χ2n) is 4.69. The van der Waals surface area contributed by atoms with Gasteiger partial charge in [-0.25, -0.2) is 4.79 Å². The zero-order valence-corrected chi connectivity index (χ0v) is 9.53. The number of aliphatic hydroxyl groups excluding tert-OH is 1. The normalized spacial score (nSPS) is 33.5. The topological polar surface area (TPSA) is 72.5 Å². The van der Waals surface area contributed by atoms with Crippen LogP contribution in [-0.4, -0.2) is 30.8 Å². The standard InChI is InChI=1S/C11H21NO3/c1-8-4-3-5-11(6-8,7-12)9(13)10(14)15-2/h8-9,13H,3-7,12H2,1-2H3.